The minimum Gasteiger partial charge on any atom is -0.382 e. The molecule has 0 heterocycles. The van der Waals surface area contributed by atoms with Gasteiger partial charge >= 0.3 is 0 Å². The molecule has 1 saturated carbocycles. The van der Waals surface area contributed by atoms with Crippen molar-refractivity contribution in [1.82, 2.24) is 4.72 Å². The van der Waals surface area contributed by atoms with Crippen LogP contribution in [0.2, 0.25) is 0 Å². The molecule has 5 nitrogen and oxygen atoms in total. The van der Waals surface area contributed by atoms with Crippen molar-refractivity contribution in [3.8, 4) is 0 Å². The van der Waals surface area contributed by atoms with Crippen molar-refractivity contribution in [2.75, 3.05) is 19.5 Å². The lowest BCUT2D eigenvalue weighted by atomic mass is 9.92. The summed E-state index contributed by atoms with van der Waals surface area (Å²) in [6.45, 7) is 0. The Morgan fingerprint density at radius 1 is 1.20 bits per heavy atom. The third-order valence-electron chi connectivity index (χ3n) is 3.76. The predicted octanol–water partition coefficient (Wildman–Crippen LogP) is 1.96. The molecule has 2 atom stereocenters. The smallest absolute Gasteiger partial charge is 0.240 e. The molecule has 0 bridgehead atoms. The SMILES string of the molecule is CNS(=O)(=O)c1ccc(NC2CCCC(OC)C2)cc1. The summed E-state index contributed by atoms with van der Waals surface area (Å²) in [4.78, 5) is 0.281. The largest absolute Gasteiger partial charge is 0.382 e. The van der Waals surface area contributed by atoms with E-state index >= 15 is 0 Å². The van der Waals surface area contributed by atoms with Crippen LogP contribution in [0.1, 0.15) is 25.7 Å². The lowest BCUT2D eigenvalue weighted by Crippen LogP contribution is -2.31. The van der Waals surface area contributed by atoms with E-state index < -0.39 is 10.0 Å². The standard InChI is InChI=1S/C14H22N2O3S/c1-15-20(17,18)14-8-6-11(7-9-14)16-12-4-3-5-13(10-12)19-2/h6-9,12-13,15-16H,3-5,10H2,1-2H3. The highest BCUT2D eigenvalue weighted by Gasteiger charge is 2.21. The number of rotatable bonds is 5. The molecular weight excluding hydrogens is 276 g/mol. The maximum Gasteiger partial charge on any atom is 0.240 e. The number of nitrogens with one attached hydrogen (secondary N) is 2. The monoisotopic (exact) mass is 298 g/mol. The van der Waals surface area contributed by atoms with Gasteiger partial charge in [-0.25, -0.2) is 13.1 Å². The van der Waals surface area contributed by atoms with E-state index in [1.165, 1.54) is 7.05 Å². The van der Waals surface area contributed by atoms with Crippen LogP contribution in [0.5, 0.6) is 0 Å². The molecule has 6 heteroatoms. The lowest BCUT2D eigenvalue weighted by Gasteiger charge is -2.29. The Balaban J connectivity index is 2.00. The van der Waals surface area contributed by atoms with Crippen LogP contribution in [0, 0.1) is 0 Å². The van der Waals surface area contributed by atoms with E-state index in [-0.39, 0.29) is 4.90 Å². The molecule has 0 radical (unpaired) electrons. The van der Waals surface area contributed by atoms with Gasteiger partial charge < -0.3 is 10.1 Å². The molecule has 0 amide bonds. The molecule has 112 valence electrons. The molecule has 20 heavy (non-hydrogen) atoms. The fraction of sp³-hybridized carbons (Fsp3) is 0.571. The van der Waals surface area contributed by atoms with E-state index in [0.29, 0.717) is 12.1 Å². The Labute approximate surface area is 120 Å². The molecule has 2 rings (SSSR count). The van der Waals surface area contributed by atoms with Crippen LogP contribution < -0.4 is 10.0 Å². The zero-order valence-electron chi connectivity index (χ0n) is 11.9. The summed E-state index contributed by atoms with van der Waals surface area (Å²) < 4.78 is 31.0. The molecule has 2 N–H and O–H groups in total. The van der Waals surface area contributed by atoms with Crippen LogP contribution in [0.25, 0.3) is 0 Å². The average molecular weight is 298 g/mol. The summed E-state index contributed by atoms with van der Waals surface area (Å²) >= 11 is 0. The van der Waals surface area contributed by atoms with Gasteiger partial charge in [0.1, 0.15) is 0 Å². The second-order valence-electron chi connectivity index (χ2n) is 5.10. The van der Waals surface area contributed by atoms with E-state index in [0.717, 1.165) is 31.4 Å². The Morgan fingerprint density at radius 2 is 1.90 bits per heavy atom. The fourth-order valence-electron chi connectivity index (χ4n) is 2.57. The lowest BCUT2D eigenvalue weighted by molar-refractivity contribution is 0.0669. The highest BCUT2D eigenvalue weighted by molar-refractivity contribution is 7.89. The van der Waals surface area contributed by atoms with Crippen LogP contribution >= 0.6 is 0 Å². The third-order valence-corrected chi connectivity index (χ3v) is 5.19. The van der Waals surface area contributed by atoms with Crippen molar-refractivity contribution < 1.29 is 13.2 Å². The zero-order chi connectivity index (χ0) is 14.6. The van der Waals surface area contributed by atoms with Crippen LogP contribution in [0.3, 0.4) is 0 Å². The van der Waals surface area contributed by atoms with Gasteiger partial charge in [0.25, 0.3) is 0 Å². The van der Waals surface area contributed by atoms with Gasteiger partial charge in [0.2, 0.25) is 10.0 Å². The van der Waals surface area contributed by atoms with E-state index in [4.69, 9.17) is 4.74 Å². The highest BCUT2D eigenvalue weighted by atomic mass is 32.2. The highest BCUT2D eigenvalue weighted by Crippen LogP contribution is 2.24. The van der Waals surface area contributed by atoms with E-state index in [1.54, 1.807) is 31.4 Å². The van der Waals surface area contributed by atoms with E-state index in [9.17, 15) is 8.42 Å². The van der Waals surface area contributed by atoms with Gasteiger partial charge in [-0.05, 0) is 57.0 Å². The van der Waals surface area contributed by atoms with Gasteiger partial charge in [0.05, 0.1) is 11.0 Å². The van der Waals surface area contributed by atoms with Crippen LogP contribution in [0.15, 0.2) is 29.2 Å². The van der Waals surface area contributed by atoms with Crippen LogP contribution in [-0.2, 0) is 14.8 Å². The van der Waals surface area contributed by atoms with Crippen molar-refractivity contribution in [2.45, 2.75) is 42.7 Å². The Hall–Kier alpha value is -1.11. The molecular formula is C14H22N2O3S. The number of hydrogen-bond donors (Lipinski definition) is 2. The molecule has 1 aromatic carbocycles. The first kappa shape index (κ1) is 15.3. The minimum absolute atomic E-state index is 0.281. The first-order valence-electron chi connectivity index (χ1n) is 6.88. The molecule has 1 fully saturated rings. The average Bonchev–Trinajstić information content (AvgIpc) is 2.48. The van der Waals surface area contributed by atoms with E-state index in [2.05, 4.69) is 10.0 Å². The summed E-state index contributed by atoms with van der Waals surface area (Å²) in [7, 11) is -0.193. The molecule has 2 unspecified atom stereocenters. The van der Waals surface area contributed by atoms with Crippen molar-refractivity contribution in [3.63, 3.8) is 0 Å². The molecule has 0 aromatic heterocycles. The Kier molecular flexibility index (Phi) is 5.01. The topological polar surface area (TPSA) is 67.4 Å². The number of ether oxygens (including phenoxy) is 1. The molecule has 1 aliphatic carbocycles. The number of hydrogen-bond acceptors (Lipinski definition) is 4. The van der Waals surface area contributed by atoms with Gasteiger partial charge in [-0.1, -0.05) is 0 Å². The number of benzene rings is 1. The molecule has 0 saturated heterocycles. The van der Waals surface area contributed by atoms with Gasteiger partial charge in [-0.3, -0.25) is 0 Å². The predicted molar refractivity (Wildman–Crippen MR) is 79.4 cm³/mol. The van der Waals surface area contributed by atoms with Crippen molar-refractivity contribution >= 4 is 15.7 Å². The quantitative estimate of drug-likeness (QED) is 0.872. The van der Waals surface area contributed by atoms with Crippen molar-refractivity contribution in [3.05, 3.63) is 24.3 Å². The summed E-state index contributed by atoms with van der Waals surface area (Å²) in [5.41, 5.74) is 0.946. The Bertz CT molecular complexity index is 528. The first-order valence-corrected chi connectivity index (χ1v) is 8.36. The van der Waals surface area contributed by atoms with Gasteiger partial charge in [-0.15, -0.1) is 0 Å². The summed E-state index contributed by atoms with van der Waals surface area (Å²) in [6, 6.07) is 7.23. The zero-order valence-corrected chi connectivity index (χ0v) is 12.7. The molecule has 1 aliphatic rings. The fourth-order valence-corrected chi connectivity index (χ4v) is 3.30. The van der Waals surface area contributed by atoms with Gasteiger partial charge in [-0.2, -0.15) is 0 Å². The third kappa shape index (κ3) is 3.71. The van der Waals surface area contributed by atoms with Crippen molar-refractivity contribution in [2.24, 2.45) is 0 Å². The summed E-state index contributed by atoms with van der Waals surface area (Å²) in [5, 5.41) is 3.45. The summed E-state index contributed by atoms with van der Waals surface area (Å²) in [6.07, 6.45) is 4.71. The van der Waals surface area contributed by atoms with Gasteiger partial charge in [0, 0.05) is 18.8 Å². The van der Waals surface area contributed by atoms with E-state index in [1.807, 2.05) is 0 Å². The second kappa shape index (κ2) is 6.56. The number of methoxy groups -OCH3 is 1. The normalized spacial score (nSPS) is 23.5. The van der Waals surface area contributed by atoms with Crippen LogP contribution in [0.4, 0.5) is 5.69 Å². The number of sulfonamides is 1. The molecule has 0 aliphatic heterocycles. The Morgan fingerprint density at radius 3 is 2.50 bits per heavy atom. The maximum atomic E-state index is 11.6. The van der Waals surface area contributed by atoms with Gasteiger partial charge in [0.15, 0.2) is 0 Å². The second-order valence-corrected chi connectivity index (χ2v) is 6.98. The van der Waals surface area contributed by atoms with Crippen LogP contribution in [-0.4, -0.2) is 34.7 Å². The minimum atomic E-state index is -3.36. The summed E-state index contributed by atoms with van der Waals surface area (Å²) in [5.74, 6) is 0. The van der Waals surface area contributed by atoms with Crippen molar-refractivity contribution in [1.29, 1.82) is 0 Å². The number of anilines is 1. The maximum absolute atomic E-state index is 11.6. The molecule has 0 spiro atoms. The first-order chi connectivity index (χ1) is 9.55. The molecule has 1 aromatic rings.